The maximum absolute atomic E-state index is 8.64. The molecular formula is C13H12N4O2. The molecule has 2 rings (SSSR count). The first kappa shape index (κ1) is 12.7. The quantitative estimate of drug-likeness (QED) is 0.658. The van der Waals surface area contributed by atoms with Gasteiger partial charge in [-0.1, -0.05) is 13.3 Å². The summed E-state index contributed by atoms with van der Waals surface area (Å²) in [7, 11) is 0. The second-order valence-electron chi connectivity index (χ2n) is 3.91. The molecule has 6 heteroatoms. The van der Waals surface area contributed by atoms with Gasteiger partial charge in [-0.3, -0.25) is 5.43 Å². The standard InChI is InChI=1S/C13H12N4O2/c1-2-3-9-4-12-13(19-8-18-12)5-11(9)17-16-10(6-14)7-15/h4-5,17H,2-3,8H2,1H3. The summed E-state index contributed by atoms with van der Waals surface area (Å²) in [6, 6.07) is 7.05. The number of anilines is 1. The number of hydrazone groups is 1. The summed E-state index contributed by atoms with van der Waals surface area (Å²) in [5.74, 6) is 1.34. The van der Waals surface area contributed by atoms with Gasteiger partial charge in [0, 0.05) is 6.07 Å². The number of benzene rings is 1. The highest BCUT2D eigenvalue weighted by Gasteiger charge is 2.16. The summed E-state index contributed by atoms with van der Waals surface area (Å²) in [5.41, 5.74) is 4.24. The van der Waals surface area contributed by atoms with Crippen molar-refractivity contribution in [1.82, 2.24) is 0 Å². The van der Waals surface area contributed by atoms with Crippen molar-refractivity contribution >= 4 is 11.4 Å². The fourth-order valence-electron chi connectivity index (χ4n) is 1.76. The number of hydrogen-bond donors (Lipinski definition) is 1. The minimum Gasteiger partial charge on any atom is -0.454 e. The highest BCUT2D eigenvalue weighted by atomic mass is 16.7. The van der Waals surface area contributed by atoms with E-state index in [0.717, 1.165) is 18.4 Å². The van der Waals surface area contributed by atoms with Crippen LogP contribution < -0.4 is 14.9 Å². The molecule has 1 aromatic carbocycles. The highest BCUT2D eigenvalue weighted by Crippen LogP contribution is 2.37. The van der Waals surface area contributed by atoms with E-state index < -0.39 is 0 Å². The molecule has 0 radical (unpaired) electrons. The van der Waals surface area contributed by atoms with E-state index in [-0.39, 0.29) is 12.5 Å². The van der Waals surface area contributed by atoms with Crippen LogP contribution in [0.1, 0.15) is 18.9 Å². The van der Waals surface area contributed by atoms with E-state index in [1.165, 1.54) is 0 Å². The number of fused-ring (bicyclic) bond motifs is 1. The summed E-state index contributed by atoms with van der Waals surface area (Å²) in [6.45, 7) is 2.27. The Hall–Kier alpha value is -2.73. The number of hydrogen-bond acceptors (Lipinski definition) is 6. The zero-order valence-electron chi connectivity index (χ0n) is 10.4. The number of nitriles is 2. The van der Waals surface area contributed by atoms with Gasteiger partial charge < -0.3 is 9.47 Å². The Labute approximate surface area is 110 Å². The molecule has 1 N–H and O–H groups in total. The lowest BCUT2D eigenvalue weighted by molar-refractivity contribution is 0.174. The van der Waals surface area contributed by atoms with Crippen LogP contribution in [0, 0.1) is 22.7 Å². The molecule has 0 aromatic heterocycles. The average molecular weight is 256 g/mol. The van der Waals surface area contributed by atoms with E-state index in [1.54, 1.807) is 18.2 Å². The van der Waals surface area contributed by atoms with E-state index in [0.29, 0.717) is 17.2 Å². The molecule has 0 spiro atoms. The van der Waals surface area contributed by atoms with Gasteiger partial charge in [-0.25, -0.2) is 0 Å². The molecule has 19 heavy (non-hydrogen) atoms. The summed E-state index contributed by atoms with van der Waals surface area (Å²) < 4.78 is 10.6. The fourth-order valence-corrected chi connectivity index (χ4v) is 1.76. The third kappa shape index (κ3) is 2.75. The van der Waals surface area contributed by atoms with Crippen LogP contribution in [0.3, 0.4) is 0 Å². The molecule has 0 aliphatic carbocycles. The predicted molar refractivity (Wildman–Crippen MR) is 68.8 cm³/mol. The minimum atomic E-state index is -0.222. The van der Waals surface area contributed by atoms with Crippen LogP contribution in [-0.2, 0) is 6.42 Å². The molecule has 0 fully saturated rings. The summed E-state index contributed by atoms with van der Waals surface area (Å²) in [6.07, 6.45) is 1.80. The molecule has 96 valence electrons. The topological polar surface area (TPSA) is 90.4 Å². The molecule has 1 aromatic rings. The second kappa shape index (κ2) is 5.74. The van der Waals surface area contributed by atoms with Crippen LogP contribution in [0.5, 0.6) is 11.5 Å². The molecule has 0 saturated heterocycles. The largest absolute Gasteiger partial charge is 0.454 e. The number of nitrogens with one attached hydrogen (secondary N) is 1. The molecule has 0 saturated carbocycles. The summed E-state index contributed by atoms with van der Waals surface area (Å²) >= 11 is 0. The summed E-state index contributed by atoms with van der Waals surface area (Å²) in [4.78, 5) is 0. The van der Waals surface area contributed by atoms with Crippen LogP contribution in [0.15, 0.2) is 17.2 Å². The van der Waals surface area contributed by atoms with Crippen LogP contribution in [0.4, 0.5) is 5.69 Å². The van der Waals surface area contributed by atoms with Gasteiger partial charge in [-0.2, -0.15) is 15.6 Å². The smallest absolute Gasteiger partial charge is 0.237 e. The monoisotopic (exact) mass is 256 g/mol. The van der Waals surface area contributed by atoms with Crippen molar-refractivity contribution in [2.45, 2.75) is 19.8 Å². The maximum atomic E-state index is 8.64. The molecule has 0 amide bonds. The number of rotatable bonds is 4. The van der Waals surface area contributed by atoms with Crippen molar-refractivity contribution in [1.29, 1.82) is 10.5 Å². The molecule has 0 bridgehead atoms. The third-order valence-electron chi connectivity index (χ3n) is 2.62. The Morgan fingerprint density at radius 3 is 2.63 bits per heavy atom. The van der Waals surface area contributed by atoms with Crippen molar-refractivity contribution < 1.29 is 9.47 Å². The Morgan fingerprint density at radius 1 is 1.32 bits per heavy atom. The first-order valence-corrected chi connectivity index (χ1v) is 5.85. The van der Waals surface area contributed by atoms with E-state index in [1.807, 2.05) is 6.07 Å². The van der Waals surface area contributed by atoms with Gasteiger partial charge in [0.1, 0.15) is 12.1 Å². The lowest BCUT2D eigenvalue weighted by Crippen LogP contribution is -1.99. The van der Waals surface area contributed by atoms with Gasteiger partial charge in [0.05, 0.1) is 5.69 Å². The normalized spacial score (nSPS) is 11.3. The Bertz CT molecular complexity index is 580. The zero-order chi connectivity index (χ0) is 13.7. The minimum absolute atomic E-state index is 0.204. The van der Waals surface area contributed by atoms with Crippen LogP contribution in [-0.4, -0.2) is 12.5 Å². The van der Waals surface area contributed by atoms with E-state index >= 15 is 0 Å². The van der Waals surface area contributed by atoms with Gasteiger partial charge in [-0.15, -0.1) is 0 Å². The Morgan fingerprint density at radius 2 is 2.00 bits per heavy atom. The number of aryl methyl sites for hydroxylation is 1. The van der Waals surface area contributed by atoms with E-state index in [9.17, 15) is 0 Å². The van der Waals surface area contributed by atoms with Crippen LogP contribution >= 0.6 is 0 Å². The Balaban J connectivity index is 2.31. The van der Waals surface area contributed by atoms with Crippen LogP contribution in [0.2, 0.25) is 0 Å². The van der Waals surface area contributed by atoms with E-state index in [4.69, 9.17) is 20.0 Å². The van der Waals surface area contributed by atoms with Gasteiger partial charge >= 0.3 is 0 Å². The van der Waals surface area contributed by atoms with Crippen molar-refractivity contribution in [3.63, 3.8) is 0 Å². The first-order chi connectivity index (χ1) is 9.28. The zero-order valence-corrected chi connectivity index (χ0v) is 10.4. The summed E-state index contributed by atoms with van der Waals surface area (Å²) in [5, 5.41) is 21.0. The predicted octanol–water partition coefficient (Wildman–Crippen LogP) is 2.18. The first-order valence-electron chi connectivity index (χ1n) is 5.85. The van der Waals surface area contributed by atoms with Gasteiger partial charge in [-0.05, 0) is 18.1 Å². The van der Waals surface area contributed by atoms with Crippen molar-refractivity contribution in [3.05, 3.63) is 17.7 Å². The lowest BCUT2D eigenvalue weighted by atomic mass is 10.1. The van der Waals surface area contributed by atoms with Gasteiger partial charge in [0.15, 0.2) is 11.5 Å². The second-order valence-corrected chi connectivity index (χ2v) is 3.91. The SMILES string of the molecule is CCCc1cc2c(cc1NN=C(C#N)C#N)OCO2. The van der Waals surface area contributed by atoms with E-state index in [2.05, 4.69) is 17.5 Å². The fraction of sp³-hybridized carbons (Fsp3) is 0.308. The van der Waals surface area contributed by atoms with Crippen LogP contribution in [0.25, 0.3) is 0 Å². The number of ether oxygens (including phenoxy) is 2. The molecule has 1 heterocycles. The molecule has 6 nitrogen and oxygen atoms in total. The van der Waals surface area contributed by atoms with Crippen molar-refractivity contribution in [3.8, 4) is 23.6 Å². The van der Waals surface area contributed by atoms with Gasteiger partial charge in [0.2, 0.25) is 12.5 Å². The molecule has 0 unspecified atom stereocenters. The van der Waals surface area contributed by atoms with Crippen molar-refractivity contribution in [2.24, 2.45) is 5.10 Å². The third-order valence-corrected chi connectivity index (χ3v) is 2.62. The highest BCUT2D eigenvalue weighted by molar-refractivity contribution is 6.10. The molecular weight excluding hydrogens is 244 g/mol. The van der Waals surface area contributed by atoms with Gasteiger partial charge in [0.25, 0.3) is 0 Å². The molecule has 1 aliphatic heterocycles. The van der Waals surface area contributed by atoms with Crippen molar-refractivity contribution in [2.75, 3.05) is 12.2 Å². The maximum Gasteiger partial charge on any atom is 0.237 e. The Kier molecular flexibility index (Phi) is 3.84. The lowest BCUT2D eigenvalue weighted by Gasteiger charge is -2.09. The average Bonchev–Trinajstić information content (AvgIpc) is 2.87. The molecule has 1 aliphatic rings. The number of nitrogens with zero attached hydrogens (tertiary/aromatic N) is 3. The molecule has 0 atom stereocenters.